The van der Waals surface area contributed by atoms with Crippen LogP contribution in [0.25, 0.3) is 0 Å². The Labute approximate surface area is 209 Å². The average molecular weight is 491 g/mol. The fraction of sp³-hybridized carbons (Fsp3) is 0.308. The second kappa shape index (κ2) is 11.5. The molecule has 2 heterocycles. The molecule has 5 N–H and O–H groups in total. The number of anilines is 1. The molecule has 0 saturated heterocycles. The number of aliphatic carboxylic acids is 1. The fourth-order valence-corrected chi connectivity index (χ4v) is 4.29. The predicted octanol–water partition coefficient (Wildman–Crippen LogP) is 2.20. The van der Waals surface area contributed by atoms with Crippen LogP contribution in [0.2, 0.25) is 0 Å². The van der Waals surface area contributed by atoms with Gasteiger partial charge in [-0.2, -0.15) is 0 Å². The number of H-pyrrole nitrogens is 1. The van der Waals surface area contributed by atoms with E-state index < -0.39 is 12.0 Å². The van der Waals surface area contributed by atoms with Crippen LogP contribution in [0.5, 0.6) is 0 Å². The number of carbonyl (C=O) groups excluding carboxylic acids is 2. The van der Waals surface area contributed by atoms with Gasteiger partial charge in [0.1, 0.15) is 11.9 Å². The third-order valence-corrected chi connectivity index (χ3v) is 6.06. The highest BCUT2D eigenvalue weighted by molar-refractivity contribution is 5.96. The van der Waals surface area contributed by atoms with Crippen LogP contribution < -0.4 is 11.1 Å². The molecule has 1 aromatic heterocycles. The number of nitrogens with zero attached hydrogens (tertiary/aromatic N) is 3. The third-order valence-electron chi connectivity index (χ3n) is 6.06. The van der Waals surface area contributed by atoms with Crippen molar-refractivity contribution in [3.05, 3.63) is 83.4 Å². The van der Waals surface area contributed by atoms with Gasteiger partial charge in [-0.1, -0.05) is 30.3 Å². The normalized spacial score (nSPS) is 15.1. The highest BCUT2D eigenvalue weighted by atomic mass is 16.4. The number of carbonyl (C=O) groups is 3. The number of rotatable bonds is 10. The summed E-state index contributed by atoms with van der Waals surface area (Å²) in [6.45, 7) is 1.78. The van der Waals surface area contributed by atoms with E-state index in [2.05, 4.69) is 15.3 Å². The molecule has 0 radical (unpaired) electrons. The van der Waals surface area contributed by atoms with E-state index >= 15 is 0 Å². The van der Waals surface area contributed by atoms with Crippen molar-refractivity contribution in [2.75, 3.05) is 18.4 Å². The van der Waals surface area contributed by atoms with Crippen molar-refractivity contribution in [2.24, 2.45) is 5.73 Å². The molecule has 1 unspecified atom stereocenters. The molecule has 2 aromatic carbocycles. The summed E-state index contributed by atoms with van der Waals surface area (Å²) >= 11 is 0. The number of hydrogen-bond donors (Lipinski definition) is 4. The number of aromatic nitrogens is 2. The number of amides is 2. The molecule has 10 nitrogen and oxygen atoms in total. The number of aromatic amines is 1. The van der Waals surface area contributed by atoms with Crippen molar-refractivity contribution in [1.29, 1.82) is 0 Å². The Morgan fingerprint density at radius 2 is 1.97 bits per heavy atom. The van der Waals surface area contributed by atoms with Gasteiger partial charge in [-0.25, -0.2) is 4.98 Å². The molecule has 188 valence electrons. The van der Waals surface area contributed by atoms with E-state index in [0.29, 0.717) is 49.7 Å². The van der Waals surface area contributed by atoms with Crippen molar-refractivity contribution in [3.63, 3.8) is 0 Å². The fourth-order valence-electron chi connectivity index (χ4n) is 4.29. The van der Waals surface area contributed by atoms with E-state index in [-0.39, 0.29) is 24.8 Å². The van der Waals surface area contributed by atoms with E-state index in [0.717, 1.165) is 11.1 Å². The van der Waals surface area contributed by atoms with Gasteiger partial charge >= 0.3 is 5.97 Å². The minimum absolute atomic E-state index is 0.177. The number of benzene rings is 2. The second-order valence-electron chi connectivity index (χ2n) is 8.75. The molecule has 36 heavy (non-hydrogen) atoms. The monoisotopic (exact) mass is 490 g/mol. The smallest absolute Gasteiger partial charge is 0.305 e. The zero-order valence-electron chi connectivity index (χ0n) is 19.9. The summed E-state index contributed by atoms with van der Waals surface area (Å²) in [6.07, 6.45) is 3.61. The number of carboxylic acid groups (broad SMARTS) is 1. The van der Waals surface area contributed by atoms with Gasteiger partial charge in [0.15, 0.2) is 0 Å². The van der Waals surface area contributed by atoms with Crippen molar-refractivity contribution in [1.82, 2.24) is 19.8 Å². The first kappa shape index (κ1) is 24.9. The molecule has 0 aliphatic carbocycles. The van der Waals surface area contributed by atoms with Gasteiger partial charge in [-0.3, -0.25) is 14.4 Å². The largest absolute Gasteiger partial charge is 0.481 e. The molecule has 2 amide bonds. The van der Waals surface area contributed by atoms with Crippen LogP contribution in [0.4, 0.5) is 5.69 Å². The number of carboxylic acids is 1. The maximum absolute atomic E-state index is 13.7. The van der Waals surface area contributed by atoms with Gasteiger partial charge in [-0.15, -0.1) is 0 Å². The maximum atomic E-state index is 13.7. The van der Waals surface area contributed by atoms with E-state index in [1.807, 2.05) is 30.3 Å². The predicted molar refractivity (Wildman–Crippen MR) is 134 cm³/mol. The van der Waals surface area contributed by atoms with E-state index in [1.54, 1.807) is 40.4 Å². The van der Waals surface area contributed by atoms with Crippen LogP contribution in [-0.2, 0) is 29.2 Å². The van der Waals surface area contributed by atoms with Gasteiger partial charge in [-0.05, 0) is 42.3 Å². The molecule has 0 bridgehead atoms. The van der Waals surface area contributed by atoms with Crippen molar-refractivity contribution >= 4 is 23.5 Å². The Bertz CT molecular complexity index is 1200. The molecular formula is C26H30N6O4. The minimum atomic E-state index is -1.07. The van der Waals surface area contributed by atoms with Crippen LogP contribution in [0, 0.1) is 0 Å². The lowest BCUT2D eigenvalue weighted by atomic mass is 10.1. The molecule has 3 aromatic rings. The van der Waals surface area contributed by atoms with E-state index in [1.165, 1.54) is 0 Å². The SMILES string of the molecule is NCCCN1Cc2cc(C(=O)N(Cc3ccccc3)Cc3ncc[nH]3)ccc2NC(CC(=O)O)C1=O. The lowest BCUT2D eigenvalue weighted by Crippen LogP contribution is -2.42. The van der Waals surface area contributed by atoms with Crippen LogP contribution in [0.1, 0.15) is 40.2 Å². The molecule has 1 aliphatic heterocycles. The van der Waals surface area contributed by atoms with Crippen LogP contribution >= 0.6 is 0 Å². The average Bonchev–Trinajstić information content (AvgIpc) is 3.35. The number of nitrogens with two attached hydrogens (primary N) is 1. The Morgan fingerprint density at radius 1 is 1.17 bits per heavy atom. The summed E-state index contributed by atoms with van der Waals surface area (Å²) in [7, 11) is 0. The highest BCUT2D eigenvalue weighted by Gasteiger charge is 2.31. The van der Waals surface area contributed by atoms with Gasteiger partial charge in [0, 0.05) is 43.3 Å². The summed E-state index contributed by atoms with van der Waals surface area (Å²) in [6, 6.07) is 14.0. The first-order valence-electron chi connectivity index (χ1n) is 11.9. The summed E-state index contributed by atoms with van der Waals surface area (Å²) in [5.41, 5.74) is 8.50. The van der Waals surface area contributed by atoms with Crippen LogP contribution in [0.15, 0.2) is 60.9 Å². The first-order chi connectivity index (χ1) is 17.4. The Hall–Kier alpha value is -4.18. The molecule has 0 fully saturated rings. The quantitative estimate of drug-likeness (QED) is 0.341. The molecule has 4 rings (SSSR count). The van der Waals surface area contributed by atoms with Gasteiger partial charge in [0.2, 0.25) is 5.91 Å². The summed E-state index contributed by atoms with van der Waals surface area (Å²) < 4.78 is 0. The Morgan fingerprint density at radius 3 is 2.67 bits per heavy atom. The molecule has 10 heteroatoms. The zero-order chi connectivity index (χ0) is 25.5. The van der Waals surface area contributed by atoms with Crippen molar-refractivity contribution in [3.8, 4) is 0 Å². The Balaban J connectivity index is 1.63. The van der Waals surface area contributed by atoms with Gasteiger partial charge in [0.25, 0.3) is 5.91 Å². The standard InChI is InChI=1S/C26H30N6O4/c27-9-4-12-31-16-20-13-19(7-8-21(20)30-22(26(31)36)14-24(33)34)25(35)32(17-23-28-10-11-29-23)15-18-5-2-1-3-6-18/h1-3,5-8,10-11,13,22,30H,4,9,12,14-17,27H2,(H,28,29)(H,33,34). The number of nitrogens with one attached hydrogen (secondary N) is 2. The van der Waals surface area contributed by atoms with Crippen molar-refractivity contribution in [2.45, 2.75) is 38.5 Å². The van der Waals surface area contributed by atoms with E-state index in [4.69, 9.17) is 5.73 Å². The first-order valence-corrected chi connectivity index (χ1v) is 11.9. The zero-order valence-corrected chi connectivity index (χ0v) is 19.9. The summed E-state index contributed by atoms with van der Waals surface area (Å²) in [5.74, 6) is -0.863. The molecule has 0 spiro atoms. The van der Waals surface area contributed by atoms with Gasteiger partial charge < -0.3 is 30.9 Å². The Kier molecular flexibility index (Phi) is 7.96. The molecule has 0 saturated carbocycles. The minimum Gasteiger partial charge on any atom is -0.481 e. The van der Waals surface area contributed by atoms with Crippen molar-refractivity contribution < 1.29 is 19.5 Å². The second-order valence-corrected chi connectivity index (χ2v) is 8.75. The van der Waals surface area contributed by atoms with Crippen LogP contribution in [-0.4, -0.2) is 61.8 Å². The summed E-state index contributed by atoms with van der Waals surface area (Å²) in [5, 5.41) is 12.4. The maximum Gasteiger partial charge on any atom is 0.305 e. The third kappa shape index (κ3) is 6.08. The van der Waals surface area contributed by atoms with Crippen LogP contribution in [0.3, 0.4) is 0 Å². The van der Waals surface area contributed by atoms with E-state index in [9.17, 15) is 19.5 Å². The van der Waals surface area contributed by atoms with Gasteiger partial charge in [0.05, 0.1) is 13.0 Å². The number of hydrogen-bond acceptors (Lipinski definition) is 6. The number of fused-ring (bicyclic) bond motifs is 1. The lowest BCUT2D eigenvalue weighted by Gasteiger charge is -2.24. The number of imidazole rings is 1. The molecule has 1 aliphatic rings. The molecule has 1 atom stereocenters. The highest BCUT2D eigenvalue weighted by Crippen LogP contribution is 2.26. The summed E-state index contributed by atoms with van der Waals surface area (Å²) in [4.78, 5) is 48.7. The molecular weight excluding hydrogens is 460 g/mol. The topological polar surface area (TPSA) is 145 Å². The lowest BCUT2D eigenvalue weighted by molar-refractivity contribution is -0.141.